The van der Waals surface area contributed by atoms with Crippen LogP contribution in [0, 0.1) is 0 Å². The molecule has 0 fully saturated rings. The molecule has 0 saturated carbocycles. The van der Waals surface area contributed by atoms with E-state index in [4.69, 9.17) is 11.2 Å². The van der Waals surface area contributed by atoms with Crippen molar-refractivity contribution in [2.45, 2.75) is 334 Å². The predicted molar refractivity (Wildman–Crippen MR) is 277 cm³/mol. The van der Waals surface area contributed by atoms with Crippen LogP contribution in [0.5, 0.6) is 0 Å². The molecule has 0 heterocycles. The van der Waals surface area contributed by atoms with Gasteiger partial charge in [-0.1, -0.05) is 264 Å². The standard InChI is InChI=1S/C56H116ClP/c1-5-6-7-8-9-10-11-12-13-14-15-16-17-18-19-20-21-22-23-24-25-26-27-28-29-30-31-32-33-34-35-36-37-38-39-40-41-42-43-44-45-46-47-48-49-50-51-52-53-54-55-56-58(2,3,4)57/h5-56H2,1-4H3. The summed E-state index contributed by atoms with van der Waals surface area (Å²) in [7, 11) is 0. The van der Waals surface area contributed by atoms with E-state index in [0.717, 1.165) is 0 Å². The molecule has 0 aliphatic carbocycles. The molecule has 0 rings (SSSR count). The molecule has 352 valence electrons. The van der Waals surface area contributed by atoms with E-state index in [0.29, 0.717) is 0 Å². The van der Waals surface area contributed by atoms with Crippen LogP contribution >= 0.6 is 17.2 Å². The average Bonchev–Trinajstić information content (AvgIpc) is 3.19. The average molecular weight is 856 g/mol. The summed E-state index contributed by atoms with van der Waals surface area (Å²) in [5.74, 6) is -1.78. The summed E-state index contributed by atoms with van der Waals surface area (Å²) in [5.41, 5.74) is 0. The number of rotatable bonds is 52. The minimum absolute atomic E-state index is 1.26. The first kappa shape index (κ1) is 58.7. The van der Waals surface area contributed by atoms with Gasteiger partial charge < -0.3 is 0 Å². The Kier molecular flexibility index (Phi) is 47.8. The van der Waals surface area contributed by atoms with Crippen molar-refractivity contribution in [3.63, 3.8) is 0 Å². The molecule has 0 bridgehead atoms. The molecule has 0 spiro atoms. The maximum absolute atomic E-state index is 6.67. The molecule has 0 aliphatic heterocycles. The van der Waals surface area contributed by atoms with Gasteiger partial charge in [0.25, 0.3) is 0 Å². The monoisotopic (exact) mass is 855 g/mol. The summed E-state index contributed by atoms with van der Waals surface area (Å²) < 4.78 is 0. The Bertz CT molecular complexity index is 729. The number of halogens is 1. The molecular formula is C56H116ClP. The van der Waals surface area contributed by atoms with Gasteiger partial charge in [-0.05, 0) is 0 Å². The van der Waals surface area contributed by atoms with E-state index >= 15 is 0 Å². The molecule has 0 atom stereocenters. The van der Waals surface area contributed by atoms with Crippen molar-refractivity contribution in [3.8, 4) is 0 Å². The molecular weight excluding hydrogens is 739 g/mol. The zero-order valence-electron chi connectivity index (χ0n) is 41.6. The van der Waals surface area contributed by atoms with Crippen LogP contribution < -0.4 is 0 Å². The fourth-order valence-electron chi connectivity index (χ4n) is 9.38. The van der Waals surface area contributed by atoms with Gasteiger partial charge in [0.1, 0.15) is 0 Å². The second-order valence-corrected chi connectivity index (χ2v) is 31.4. The van der Waals surface area contributed by atoms with Crippen molar-refractivity contribution < 1.29 is 0 Å². The van der Waals surface area contributed by atoms with E-state index in [1.807, 2.05) is 0 Å². The van der Waals surface area contributed by atoms with Crippen LogP contribution in [-0.2, 0) is 0 Å². The van der Waals surface area contributed by atoms with E-state index in [2.05, 4.69) is 26.9 Å². The fraction of sp³-hybridized carbons (Fsp3) is 1.00. The van der Waals surface area contributed by atoms with E-state index in [1.54, 1.807) is 0 Å². The van der Waals surface area contributed by atoms with Crippen LogP contribution in [-0.4, -0.2) is 26.2 Å². The molecule has 0 N–H and O–H groups in total. The SMILES string of the molecule is CCCCCCCCCCCCCCCCCCCCCCCCCCCCCCCCCCCCCCCCCCCCCCCCCCCCCP(C)(C)(C)Cl. The van der Waals surface area contributed by atoms with E-state index < -0.39 is 5.96 Å². The molecule has 0 amide bonds. The molecule has 0 unspecified atom stereocenters. The zero-order valence-corrected chi connectivity index (χ0v) is 43.2. The van der Waals surface area contributed by atoms with Crippen LogP contribution in [0.1, 0.15) is 334 Å². The quantitative estimate of drug-likeness (QED) is 0.0422. The summed E-state index contributed by atoms with van der Waals surface area (Å²) in [4.78, 5) is 0. The van der Waals surface area contributed by atoms with Crippen molar-refractivity contribution in [2.75, 3.05) is 26.2 Å². The molecule has 0 aromatic carbocycles. The van der Waals surface area contributed by atoms with E-state index in [1.165, 1.54) is 334 Å². The van der Waals surface area contributed by atoms with Gasteiger partial charge in [0.05, 0.1) is 0 Å². The number of hydrogen-bond acceptors (Lipinski definition) is 0. The Morgan fingerprint density at radius 1 is 0.190 bits per heavy atom. The summed E-state index contributed by atoms with van der Waals surface area (Å²) in [6, 6.07) is 0. The Morgan fingerprint density at radius 3 is 0.397 bits per heavy atom. The van der Waals surface area contributed by atoms with Crippen LogP contribution in [0.25, 0.3) is 0 Å². The Morgan fingerprint density at radius 2 is 0.293 bits per heavy atom. The third kappa shape index (κ3) is 56.7. The van der Waals surface area contributed by atoms with Gasteiger partial charge >= 0.3 is 114 Å². The second-order valence-electron chi connectivity index (χ2n) is 21.3. The second kappa shape index (κ2) is 47.2. The first-order valence-corrected chi connectivity index (χ1v) is 32.7. The molecule has 58 heavy (non-hydrogen) atoms. The Hall–Kier alpha value is 0.720. The van der Waals surface area contributed by atoms with Crippen molar-refractivity contribution in [3.05, 3.63) is 0 Å². The van der Waals surface area contributed by atoms with Crippen LogP contribution in [0.4, 0.5) is 0 Å². The van der Waals surface area contributed by atoms with Crippen LogP contribution in [0.3, 0.4) is 0 Å². The predicted octanol–water partition coefficient (Wildman–Crippen LogP) is 22.5. The van der Waals surface area contributed by atoms with Gasteiger partial charge in [-0.15, -0.1) is 0 Å². The molecule has 2 heteroatoms. The van der Waals surface area contributed by atoms with Crippen molar-refractivity contribution in [2.24, 2.45) is 0 Å². The van der Waals surface area contributed by atoms with Crippen molar-refractivity contribution in [1.29, 1.82) is 0 Å². The molecule has 0 radical (unpaired) electrons. The third-order valence-corrected chi connectivity index (χ3v) is 15.9. The first-order chi connectivity index (χ1) is 28.3. The van der Waals surface area contributed by atoms with Crippen LogP contribution in [0.2, 0.25) is 0 Å². The van der Waals surface area contributed by atoms with Gasteiger partial charge in [-0.3, -0.25) is 0 Å². The maximum atomic E-state index is 6.67. The van der Waals surface area contributed by atoms with Crippen LogP contribution in [0.15, 0.2) is 0 Å². The minimum atomic E-state index is -1.78. The normalized spacial score (nSPS) is 12.7. The van der Waals surface area contributed by atoms with Gasteiger partial charge in [0.15, 0.2) is 0 Å². The Balaban J connectivity index is 3.08. The Labute approximate surface area is 376 Å². The third-order valence-electron chi connectivity index (χ3n) is 13.5. The van der Waals surface area contributed by atoms with E-state index in [9.17, 15) is 0 Å². The number of unbranched alkanes of at least 4 members (excludes halogenated alkanes) is 50. The van der Waals surface area contributed by atoms with Gasteiger partial charge in [-0.2, -0.15) is 0 Å². The summed E-state index contributed by atoms with van der Waals surface area (Å²) in [6.45, 7) is 9.19. The van der Waals surface area contributed by atoms with Gasteiger partial charge in [0, 0.05) is 0 Å². The zero-order chi connectivity index (χ0) is 42.2. The summed E-state index contributed by atoms with van der Waals surface area (Å²) in [6.07, 6.45) is 76.7. The summed E-state index contributed by atoms with van der Waals surface area (Å²) >= 11 is 6.67. The molecule has 0 aromatic heterocycles. The molecule has 0 aromatic rings. The van der Waals surface area contributed by atoms with Crippen molar-refractivity contribution >= 4 is 17.2 Å². The van der Waals surface area contributed by atoms with Crippen molar-refractivity contribution in [1.82, 2.24) is 0 Å². The molecule has 0 nitrogen and oxygen atoms in total. The summed E-state index contributed by atoms with van der Waals surface area (Å²) in [5, 5.41) is 0. The topological polar surface area (TPSA) is 0 Å². The first-order valence-electron chi connectivity index (χ1n) is 28.0. The molecule has 0 aliphatic rings. The number of hydrogen-bond donors (Lipinski definition) is 0. The van der Waals surface area contributed by atoms with E-state index in [-0.39, 0.29) is 0 Å². The van der Waals surface area contributed by atoms with Gasteiger partial charge in [0.2, 0.25) is 0 Å². The van der Waals surface area contributed by atoms with Gasteiger partial charge in [-0.25, -0.2) is 0 Å². The molecule has 0 saturated heterocycles. The fourth-order valence-corrected chi connectivity index (χ4v) is 11.0.